The van der Waals surface area contributed by atoms with Crippen molar-refractivity contribution in [2.75, 3.05) is 13.2 Å². The third-order valence-corrected chi connectivity index (χ3v) is 4.37. The molecule has 0 aliphatic rings. The number of ether oxygens (including phenoxy) is 1. The molecule has 0 spiro atoms. The van der Waals surface area contributed by atoms with Crippen LogP contribution >= 0.6 is 0 Å². The summed E-state index contributed by atoms with van der Waals surface area (Å²) in [6, 6.07) is 11.2. The maximum atomic E-state index is 14.9. The number of para-hydroxylation sites is 1. The number of amides is 1. The summed E-state index contributed by atoms with van der Waals surface area (Å²) in [5.41, 5.74) is 0.389. The SMILES string of the molecule is CC[C@H](CCCC(=O)NCCO)c1ccc(F)c(Oc2ccccc2)c1F. The number of aliphatic hydroxyl groups is 1. The fourth-order valence-electron chi connectivity index (χ4n) is 2.94. The molecule has 0 saturated carbocycles. The Morgan fingerprint density at radius 1 is 1.19 bits per heavy atom. The molecule has 0 bridgehead atoms. The van der Waals surface area contributed by atoms with E-state index >= 15 is 0 Å². The van der Waals surface area contributed by atoms with E-state index in [0.717, 1.165) is 0 Å². The van der Waals surface area contributed by atoms with Crippen molar-refractivity contribution in [1.82, 2.24) is 5.32 Å². The van der Waals surface area contributed by atoms with Crippen molar-refractivity contribution in [3.8, 4) is 11.5 Å². The van der Waals surface area contributed by atoms with Crippen molar-refractivity contribution in [3.05, 3.63) is 59.7 Å². The Morgan fingerprint density at radius 2 is 1.93 bits per heavy atom. The number of hydrogen-bond acceptors (Lipinski definition) is 3. The van der Waals surface area contributed by atoms with Gasteiger partial charge in [-0.3, -0.25) is 4.79 Å². The lowest BCUT2D eigenvalue weighted by Gasteiger charge is -2.18. The van der Waals surface area contributed by atoms with Gasteiger partial charge in [0.05, 0.1) is 6.61 Å². The second kappa shape index (κ2) is 10.6. The maximum Gasteiger partial charge on any atom is 0.220 e. The van der Waals surface area contributed by atoms with Gasteiger partial charge in [-0.15, -0.1) is 0 Å². The zero-order valence-electron chi connectivity index (χ0n) is 15.4. The number of carbonyl (C=O) groups excluding carboxylic acids is 1. The molecule has 6 heteroatoms. The molecule has 0 fully saturated rings. The monoisotopic (exact) mass is 377 g/mol. The number of halogens is 2. The minimum Gasteiger partial charge on any atom is -0.451 e. The minimum atomic E-state index is -0.752. The molecular formula is C21H25F2NO3. The van der Waals surface area contributed by atoms with Crippen molar-refractivity contribution in [2.24, 2.45) is 0 Å². The molecule has 0 aliphatic heterocycles. The summed E-state index contributed by atoms with van der Waals surface area (Å²) in [6.07, 6.45) is 2.12. The van der Waals surface area contributed by atoms with E-state index in [4.69, 9.17) is 9.84 Å². The van der Waals surface area contributed by atoms with E-state index < -0.39 is 17.4 Å². The molecule has 27 heavy (non-hydrogen) atoms. The lowest BCUT2D eigenvalue weighted by atomic mass is 9.90. The highest BCUT2D eigenvalue weighted by Crippen LogP contribution is 2.35. The fourth-order valence-corrected chi connectivity index (χ4v) is 2.94. The molecule has 146 valence electrons. The van der Waals surface area contributed by atoms with E-state index in [9.17, 15) is 13.6 Å². The Balaban J connectivity index is 2.09. The van der Waals surface area contributed by atoms with Gasteiger partial charge in [-0.05, 0) is 48.9 Å². The highest BCUT2D eigenvalue weighted by atomic mass is 19.1. The molecule has 0 radical (unpaired) electrons. The Bertz CT molecular complexity index is 738. The Kier molecular flexibility index (Phi) is 8.20. The average Bonchev–Trinajstić information content (AvgIpc) is 2.68. The molecular weight excluding hydrogens is 352 g/mol. The molecule has 2 rings (SSSR count). The summed E-state index contributed by atoms with van der Waals surface area (Å²) >= 11 is 0. The number of benzene rings is 2. The molecule has 0 unspecified atom stereocenters. The van der Waals surface area contributed by atoms with Gasteiger partial charge in [-0.2, -0.15) is 0 Å². The summed E-state index contributed by atoms with van der Waals surface area (Å²) in [5.74, 6) is -1.78. The first-order valence-corrected chi connectivity index (χ1v) is 9.15. The van der Waals surface area contributed by atoms with Crippen molar-refractivity contribution in [3.63, 3.8) is 0 Å². The van der Waals surface area contributed by atoms with Crippen LogP contribution in [-0.4, -0.2) is 24.2 Å². The van der Waals surface area contributed by atoms with Crippen LogP contribution in [0.1, 0.15) is 44.1 Å². The molecule has 1 amide bonds. The molecule has 4 nitrogen and oxygen atoms in total. The van der Waals surface area contributed by atoms with Crippen LogP contribution in [0.3, 0.4) is 0 Å². The predicted molar refractivity (Wildman–Crippen MR) is 99.9 cm³/mol. The van der Waals surface area contributed by atoms with Crippen LogP contribution in [0.25, 0.3) is 0 Å². The Labute approximate surface area is 158 Å². The molecule has 0 heterocycles. The van der Waals surface area contributed by atoms with Crippen LogP contribution in [-0.2, 0) is 4.79 Å². The molecule has 0 saturated heterocycles. The number of carbonyl (C=O) groups is 1. The number of rotatable bonds is 10. The van der Waals surface area contributed by atoms with Gasteiger partial charge in [0.25, 0.3) is 0 Å². The van der Waals surface area contributed by atoms with Crippen molar-refractivity contribution in [2.45, 2.75) is 38.5 Å². The summed E-state index contributed by atoms with van der Waals surface area (Å²) in [5, 5.41) is 11.3. The Morgan fingerprint density at radius 3 is 2.59 bits per heavy atom. The molecule has 2 aromatic carbocycles. The second-order valence-corrected chi connectivity index (χ2v) is 6.27. The van der Waals surface area contributed by atoms with E-state index in [1.165, 1.54) is 12.1 Å². The Hall–Kier alpha value is -2.47. The van der Waals surface area contributed by atoms with Gasteiger partial charge < -0.3 is 15.2 Å². The summed E-state index contributed by atoms with van der Waals surface area (Å²) in [4.78, 5) is 11.6. The standard InChI is InChI=1S/C21H25F2NO3/c1-2-15(7-6-10-19(26)24-13-14-25)17-11-12-18(22)21(20(17)23)27-16-8-4-3-5-9-16/h3-5,8-9,11-12,15,25H,2,6-7,10,13-14H2,1H3,(H,24,26)/t15-/m1/s1. The van der Waals surface area contributed by atoms with Gasteiger partial charge in [0, 0.05) is 13.0 Å². The highest BCUT2D eigenvalue weighted by Gasteiger charge is 2.21. The van der Waals surface area contributed by atoms with Gasteiger partial charge in [0.1, 0.15) is 5.75 Å². The minimum absolute atomic E-state index is 0.103. The summed E-state index contributed by atoms with van der Waals surface area (Å²) in [6.45, 7) is 2.05. The zero-order chi connectivity index (χ0) is 19.6. The van der Waals surface area contributed by atoms with Crippen LogP contribution < -0.4 is 10.1 Å². The molecule has 0 aromatic heterocycles. The van der Waals surface area contributed by atoms with Crippen LogP contribution in [0.4, 0.5) is 8.78 Å². The first kappa shape index (κ1) is 20.8. The van der Waals surface area contributed by atoms with Crippen molar-refractivity contribution < 1.29 is 23.4 Å². The number of hydrogen-bond donors (Lipinski definition) is 2. The first-order valence-electron chi connectivity index (χ1n) is 9.15. The van der Waals surface area contributed by atoms with E-state index in [-0.39, 0.29) is 25.0 Å². The van der Waals surface area contributed by atoms with Gasteiger partial charge in [0.15, 0.2) is 17.4 Å². The largest absolute Gasteiger partial charge is 0.451 e. The molecule has 2 aromatic rings. The molecule has 0 aliphatic carbocycles. The van der Waals surface area contributed by atoms with Crippen LogP contribution in [0, 0.1) is 11.6 Å². The van der Waals surface area contributed by atoms with Gasteiger partial charge in [-0.1, -0.05) is 31.2 Å². The van der Waals surface area contributed by atoms with Crippen molar-refractivity contribution >= 4 is 5.91 Å². The topological polar surface area (TPSA) is 58.6 Å². The maximum absolute atomic E-state index is 14.9. The lowest BCUT2D eigenvalue weighted by molar-refractivity contribution is -0.121. The molecule has 1 atom stereocenters. The first-order chi connectivity index (χ1) is 13.1. The van der Waals surface area contributed by atoms with Crippen molar-refractivity contribution in [1.29, 1.82) is 0 Å². The normalized spacial score (nSPS) is 11.9. The van der Waals surface area contributed by atoms with E-state index in [2.05, 4.69) is 5.32 Å². The average molecular weight is 377 g/mol. The zero-order valence-corrected chi connectivity index (χ0v) is 15.4. The third-order valence-electron chi connectivity index (χ3n) is 4.37. The number of aliphatic hydroxyl groups excluding tert-OH is 1. The fraction of sp³-hybridized carbons (Fsp3) is 0.381. The predicted octanol–water partition coefficient (Wildman–Crippen LogP) is 4.53. The van der Waals surface area contributed by atoms with Crippen LogP contribution in [0.15, 0.2) is 42.5 Å². The highest BCUT2D eigenvalue weighted by molar-refractivity contribution is 5.75. The van der Waals surface area contributed by atoms with Gasteiger partial charge in [-0.25, -0.2) is 8.78 Å². The van der Waals surface area contributed by atoms with E-state index in [0.29, 0.717) is 37.0 Å². The van der Waals surface area contributed by atoms with Crippen LogP contribution in [0.5, 0.6) is 11.5 Å². The number of nitrogens with one attached hydrogen (secondary N) is 1. The van der Waals surface area contributed by atoms with E-state index in [1.807, 2.05) is 6.92 Å². The smallest absolute Gasteiger partial charge is 0.220 e. The van der Waals surface area contributed by atoms with Gasteiger partial charge in [0.2, 0.25) is 5.91 Å². The van der Waals surface area contributed by atoms with E-state index in [1.54, 1.807) is 30.3 Å². The summed E-state index contributed by atoms with van der Waals surface area (Å²) < 4.78 is 34.5. The summed E-state index contributed by atoms with van der Waals surface area (Å²) in [7, 11) is 0. The lowest BCUT2D eigenvalue weighted by Crippen LogP contribution is -2.26. The second-order valence-electron chi connectivity index (χ2n) is 6.27. The quantitative estimate of drug-likeness (QED) is 0.640. The van der Waals surface area contributed by atoms with Gasteiger partial charge >= 0.3 is 0 Å². The van der Waals surface area contributed by atoms with Crippen LogP contribution in [0.2, 0.25) is 0 Å². The third kappa shape index (κ3) is 6.03. The molecule has 2 N–H and O–H groups in total.